The minimum absolute atomic E-state index is 0.728. The van der Waals surface area contributed by atoms with Crippen LogP contribution in [-0.4, -0.2) is 26.5 Å². The second-order valence-electron chi connectivity index (χ2n) is 4.61. The van der Waals surface area contributed by atoms with Crippen molar-refractivity contribution < 1.29 is 0 Å². The standard InChI is InChI=1S/C14H19N5S/c1-5-6-15-12-11(4)13(17-8-16-12)20-14-18-9(2)7-10(3)19-14/h7-8H,5-6H2,1-4H3,(H,15,16,17). The van der Waals surface area contributed by atoms with Crippen molar-refractivity contribution in [3.63, 3.8) is 0 Å². The van der Waals surface area contributed by atoms with Gasteiger partial charge < -0.3 is 5.32 Å². The fourth-order valence-corrected chi connectivity index (χ4v) is 2.69. The number of hydrogen-bond donors (Lipinski definition) is 1. The number of anilines is 1. The summed E-state index contributed by atoms with van der Waals surface area (Å²) in [5.41, 5.74) is 2.97. The molecule has 6 heteroatoms. The van der Waals surface area contributed by atoms with E-state index in [2.05, 4.69) is 32.2 Å². The highest BCUT2D eigenvalue weighted by molar-refractivity contribution is 7.99. The van der Waals surface area contributed by atoms with Crippen molar-refractivity contribution in [2.24, 2.45) is 0 Å². The Morgan fingerprint density at radius 3 is 2.45 bits per heavy atom. The van der Waals surface area contributed by atoms with Gasteiger partial charge in [-0.15, -0.1) is 0 Å². The van der Waals surface area contributed by atoms with Gasteiger partial charge in [0.05, 0.1) is 0 Å². The lowest BCUT2D eigenvalue weighted by Crippen LogP contribution is -2.05. The van der Waals surface area contributed by atoms with E-state index in [0.717, 1.165) is 45.9 Å². The van der Waals surface area contributed by atoms with Crippen LogP contribution in [0.25, 0.3) is 0 Å². The molecular formula is C14H19N5S. The topological polar surface area (TPSA) is 63.6 Å². The average molecular weight is 289 g/mol. The third-order valence-electron chi connectivity index (χ3n) is 2.73. The molecule has 0 radical (unpaired) electrons. The molecule has 0 aliphatic rings. The normalized spacial score (nSPS) is 10.6. The number of aromatic nitrogens is 4. The fourth-order valence-electron chi connectivity index (χ4n) is 1.78. The molecule has 0 saturated heterocycles. The zero-order valence-electron chi connectivity index (χ0n) is 12.3. The Morgan fingerprint density at radius 2 is 1.80 bits per heavy atom. The van der Waals surface area contributed by atoms with Crippen LogP contribution in [0.5, 0.6) is 0 Å². The molecule has 20 heavy (non-hydrogen) atoms. The Kier molecular flexibility index (Phi) is 4.89. The second kappa shape index (κ2) is 6.65. The summed E-state index contributed by atoms with van der Waals surface area (Å²) in [6, 6.07) is 1.96. The smallest absolute Gasteiger partial charge is 0.194 e. The molecule has 0 aromatic carbocycles. The van der Waals surface area contributed by atoms with Gasteiger partial charge in [0.1, 0.15) is 17.2 Å². The van der Waals surface area contributed by atoms with E-state index in [1.54, 1.807) is 6.33 Å². The summed E-state index contributed by atoms with van der Waals surface area (Å²) < 4.78 is 0. The van der Waals surface area contributed by atoms with E-state index < -0.39 is 0 Å². The third-order valence-corrected chi connectivity index (χ3v) is 3.70. The molecule has 0 bridgehead atoms. The lowest BCUT2D eigenvalue weighted by molar-refractivity contribution is 0.892. The highest BCUT2D eigenvalue weighted by Gasteiger charge is 2.10. The van der Waals surface area contributed by atoms with E-state index in [4.69, 9.17) is 0 Å². The van der Waals surface area contributed by atoms with Gasteiger partial charge in [-0.25, -0.2) is 19.9 Å². The van der Waals surface area contributed by atoms with Gasteiger partial charge in [-0.05, 0) is 45.0 Å². The van der Waals surface area contributed by atoms with Gasteiger partial charge in [-0.2, -0.15) is 0 Å². The fraction of sp³-hybridized carbons (Fsp3) is 0.429. The minimum atomic E-state index is 0.728. The van der Waals surface area contributed by atoms with Crippen molar-refractivity contribution in [2.45, 2.75) is 44.3 Å². The van der Waals surface area contributed by atoms with E-state index in [9.17, 15) is 0 Å². The first-order valence-corrected chi connectivity index (χ1v) is 7.47. The highest BCUT2D eigenvalue weighted by atomic mass is 32.2. The van der Waals surface area contributed by atoms with Crippen molar-refractivity contribution in [3.8, 4) is 0 Å². The molecule has 2 heterocycles. The number of hydrogen-bond acceptors (Lipinski definition) is 6. The van der Waals surface area contributed by atoms with Gasteiger partial charge in [-0.3, -0.25) is 0 Å². The Hall–Kier alpha value is -1.69. The molecule has 0 saturated carbocycles. The van der Waals surface area contributed by atoms with Gasteiger partial charge in [0.25, 0.3) is 0 Å². The summed E-state index contributed by atoms with van der Waals surface area (Å²) in [7, 11) is 0. The van der Waals surface area contributed by atoms with Crippen LogP contribution in [0.3, 0.4) is 0 Å². The average Bonchev–Trinajstić information content (AvgIpc) is 2.38. The molecule has 106 valence electrons. The molecule has 0 atom stereocenters. The lowest BCUT2D eigenvalue weighted by Gasteiger charge is -2.10. The van der Waals surface area contributed by atoms with Gasteiger partial charge in [0, 0.05) is 23.5 Å². The minimum Gasteiger partial charge on any atom is -0.370 e. The van der Waals surface area contributed by atoms with Crippen molar-refractivity contribution in [2.75, 3.05) is 11.9 Å². The van der Waals surface area contributed by atoms with Crippen LogP contribution in [0.15, 0.2) is 22.6 Å². The molecule has 5 nitrogen and oxygen atoms in total. The summed E-state index contributed by atoms with van der Waals surface area (Å²) in [4.78, 5) is 17.5. The van der Waals surface area contributed by atoms with E-state index in [0.29, 0.717) is 0 Å². The molecule has 0 aliphatic carbocycles. The van der Waals surface area contributed by atoms with Crippen LogP contribution in [-0.2, 0) is 0 Å². The molecule has 0 spiro atoms. The first-order chi connectivity index (χ1) is 9.60. The quantitative estimate of drug-likeness (QED) is 0.674. The number of nitrogens with one attached hydrogen (secondary N) is 1. The Morgan fingerprint density at radius 1 is 1.10 bits per heavy atom. The van der Waals surface area contributed by atoms with Crippen LogP contribution in [0.2, 0.25) is 0 Å². The van der Waals surface area contributed by atoms with Crippen molar-refractivity contribution in [1.82, 2.24) is 19.9 Å². The van der Waals surface area contributed by atoms with Crippen LogP contribution in [0, 0.1) is 20.8 Å². The Labute approximate surface area is 123 Å². The summed E-state index contributed by atoms with van der Waals surface area (Å²) >= 11 is 1.48. The number of nitrogens with zero attached hydrogens (tertiary/aromatic N) is 4. The van der Waals surface area contributed by atoms with Crippen LogP contribution in [0.4, 0.5) is 5.82 Å². The van der Waals surface area contributed by atoms with Crippen molar-refractivity contribution in [1.29, 1.82) is 0 Å². The summed E-state index contributed by atoms with van der Waals surface area (Å²) in [6.07, 6.45) is 2.64. The van der Waals surface area contributed by atoms with Crippen LogP contribution in [0.1, 0.15) is 30.3 Å². The second-order valence-corrected chi connectivity index (χ2v) is 5.57. The van der Waals surface area contributed by atoms with Gasteiger partial charge >= 0.3 is 0 Å². The molecule has 0 aliphatic heterocycles. The highest BCUT2D eigenvalue weighted by Crippen LogP contribution is 2.28. The molecule has 2 aromatic heterocycles. The molecule has 2 aromatic rings. The molecule has 2 rings (SSSR count). The maximum atomic E-state index is 4.43. The van der Waals surface area contributed by atoms with E-state index in [1.165, 1.54) is 11.8 Å². The Balaban J connectivity index is 2.24. The molecular weight excluding hydrogens is 270 g/mol. The van der Waals surface area contributed by atoms with Crippen LogP contribution >= 0.6 is 11.8 Å². The van der Waals surface area contributed by atoms with Crippen molar-refractivity contribution in [3.05, 3.63) is 29.3 Å². The SMILES string of the molecule is CCCNc1ncnc(Sc2nc(C)cc(C)n2)c1C. The molecule has 0 fully saturated rings. The largest absolute Gasteiger partial charge is 0.370 e. The van der Waals surface area contributed by atoms with Gasteiger partial charge in [0.15, 0.2) is 5.16 Å². The first kappa shape index (κ1) is 14.7. The van der Waals surface area contributed by atoms with Gasteiger partial charge in [-0.1, -0.05) is 6.92 Å². The maximum absolute atomic E-state index is 4.43. The van der Waals surface area contributed by atoms with Gasteiger partial charge in [0.2, 0.25) is 0 Å². The Bertz CT molecular complexity index is 580. The molecule has 1 N–H and O–H groups in total. The third kappa shape index (κ3) is 3.66. The zero-order chi connectivity index (χ0) is 14.5. The summed E-state index contributed by atoms with van der Waals surface area (Å²) in [6.45, 7) is 8.99. The number of aryl methyl sites for hydroxylation is 2. The van der Waals surface area contributed by atoms with Crippen molar-refractivity contribution >= 4 is 17.6 Å². The van der Waals surface area contributed by atoms with E-state index in [1.807, 2.05) is 26.8 Å². The predicted molar refractivity (Wildman–Crippen MR) is 81.2 cm³/mol. The van der Waals surface area contributed by atoms with E-state index >= 15 is 0 Å². The maximum Gasteiger partial charge on any atom is 0.194 e. The summed E-state index contributed by atoms with van der Waals surface area (Å²) in [5, 5.41) is 4.93. The van der Waals surface area contributed by atoms with E-state index in [-0.39, 0.29) is 0 Å². The lowest BCUT2D eigenvalue weighted by atomic mass is 10.3. The first-order valence-electron chi connectivity index (χ1n) is 6.65. The molecule has 0 unspecified atom stereocenters. The number of rotatable bonds is 5. The van der Waals surface area contributed by atoms with Crippen LogP contribution < -0.4 is 5.32 Å². The predicted octanol–water partition coefficient (Wildman–Crippen LogP) is 3.16. The monoisotopic (exact) mass is 289 g/mol. The molecule has 0 amide bonds. The zero-order valence-corrected chi connectivity index (χ0v) is 13.1. The summed E-state index contributed by atoms with van der Waals surface area (Å²) in [5.74, 6) is 0.883.